The van der Waals surface area contributed by atoms with Gasteiger partial charge in [-0.1, -0.05) is 0 Å². The van der Waals surface area contributed by atoms with Crippen molar-refractivity contribution in [2.24, 2.45) is 0 Å². The minimum atomic E-state index is 0.182. The molecule has 1 aromatic rings. The molecule has 0 saturated heterocycles. The molecule has 58 valence electrons. The van der Waals surface area contributed by atoms with Crippen molar-refractivity contribution in [2.45, 2.75) is 13.5 Å². The van der Waals surface area contributed by atoms with Crippen molar-refractivity contribution >= 4 is 0 Å². The monoisotopic (exact) mass is 159 g/mol. The van der Waals surface area contributed by atoms with Crippen LogP contribution in [0.3, 0.4) is 0 Å². The van der Waals surface area contributed by atoms with E-state index in [1.165, 1.54) is 6.20 Å². The van der Waals surface area contributed by atoms with E-state index in [0.717, 1.165) is 0 Å². The highest BCUT2D eigenvalue weighted by molar-refractivity contribution is 5.30. The van der Waals surface area contributed by atoms with Gasteiger partial charge in [0.25, 0.3) is 0 Å². The van der Waals surface area contributed by atoms with Crippen LogP contribution in [0.2, 0.25) is 0 Å². The largest absolute Gasteiger partial charge is 0.320 e. The summed E-state index contributed by atoms with van der Waals surface area (Å²) in [6.45, 7) is 2.57. The molecule has 0 aromatic carbocycles. The Labute approximate surface area is 70.3 Å². The molecule has 0 aliphatic heterocycles. The smallest absolute Gasteiger partial charge is 0.232 e. The maximum absolute atomic E-state index is 8.70. The molecule has 0 unspecified atom stereocenters. The molecule has 12 heavy (non-hydrogen) atoms. The van der Waals surface area contributed by atoms with Crippen molar-refractivity contribution in [2.75, 3.05) is 0 Å². The fraction of sp³-hybridized carbons (Fsp3) is 0.250. The Morgan fingerprint density at radius 3 is 2.75 bits per heavy atom. The van der Waals surface area contributed by atoms with E-state index < -0.39 is 0 Å². The van der Waals surface area contributed by atoms with Gasteiger partial charge in [-0.2, -0.15) is 15.1 Å². The molecule has 0 N–H and O–H groups in total. The Morgan fingerprint density at radius 1 is 1.50 bits per heavy atom. The highest BCUT2D eigenvalue weighted by Gasteiger charge is 2.14. The van der Waals surface area contributed by atoms with E-state index in [1.807, 2.05) is 19.1 Å². The summed E-state index contributed by atoms with van der Waals surface area (Å²) in [6.07, 6.45) is 3.20. The van der Waals surface area contributed by atoms with Crippen molar-refractivity contribution in [1.82, 2.24) is 4.98 Å². The van der Waals surface area contributed by atoms with Crippen molar-refractivity contribution in [3.05, 3.63) is 23.8 Å². The van der Waals surface area contributed by atoms with Gasteiger partial charge in [0.2, 0.25) is 5.69 Å². The SMILES string of the molecule is CC[n+]1ccnc(C#N)c1C#N. The summed E-state index contributed by atoms with van der Waals surface area (Å²) in [5, 5.41) is 17.3. The molecule has 0 aliphatic rings. The van der Waals surface area contributed by atoms with Gasteiger partial charge in [-0.05, 0) is 6.92 Å². The molecule has 0 atom stereocenters. The van der Waals surface area contributed by atoms with Gasteiger partial charge in [0, 0.05) is 0 Å². The lowest BCUT2D eigenvalue weighted by molar-refractivity contribution is -0.696. The number of nitriles is 2. The van der Waals surface area contributed by atoms with Crippen LogP contribution >= 0.6 is 0 Å². The summed E-state index contributed by atoms with van der Waals surface area (Å²) < 4.78 is 1.69. The Balaban J connectivity index is 3.37. The zero-order valence-corrected chi connectivity index (χ0v) is 6.65. The molecular weight excluding hydrogens is 152 g/mol. The zero-order valence-electron chi connectivity index (χ0n) is 6.65. The molecule has 1 aromatic heterocycles. The van der Waals surface area contributed by atoms with Gasteiger partial charge in [-0.25, -0.2) is 4.98 Å². The van der Waals surface area contributed by atoms with Gasteiger partial charge < -0.3 is 0 Å². The number of hydrogen-bond acceptors (Lipinski definition) is 3. The number of hydrogen-bond donors (Lipinski definition) is 0. The predicted molar refractivity (Wildman–Crippen MR) is 39.5 cm³/mol. The maximum Gasteiger partial charge on any atom is 0.320 e. The van der Waals surface area contributed by atoms with Gasteiger partial charge >= 0.3 is 5.69 Å². The van der Waals surface area contributed by atoms with Gasteiger partial charge in [0.05, 0.1) is 6.20 Å². The second-order valence-electron chi connectivity index (χ2n) is 2.13. The quantitative estimate of drug-likeness (QED) is 0.547. The summed E-state index contributed by atoms with van der Waals surface area (Å²) in [5.41, 5.74) is 0.504. The van der Waals surface area contributed by atoms with Crippen molar-refractivity contribution < 1.29 is 4.57 Å². The molecule has 0 saturated carbocycles. The number of rotatable bonds is 1. The molecule has 0 amide bonds. The molecule has 1 rings (SSSR count). The van der Waals surface area contributed by atoms with Crippen LogP contribution in [0.25, 0.3) is 0 Å². The van der Waals surface area contributed by atoms with E-state index in [2.05, 4.69) is 4.98 Å². The van der Waals surface area contributed by atoms with Gasteiger partial charge in [-0.3, -0.25) is 0 Å². The third-order valence-corrected chi connectivity index (χ3v) is 1.51. The second-order valence-corrected chi connectivity index (χ2v) is 2.13. The fourth-order valence-corrected chi connectivity index (χ4v) is 0.923. The molecule has 4 nitrogen and oxygen atoms in total. The molecule has 0 fully saturated rings. The Morgan fingerprint density at radius 2 is 2.25 bits per heavy atom. The van der Waals surface area contributed by atoms with Crippen LogP contribution in [0.15, 0.2) is 12.4 Å². The Bertz CT molecular complexity index is 370. The molecular formula is C8H7N4+. The van der Waals surface area contributed by atoms with Crippen molar-refractivity contribution in [3.8, 4) is 12.1 Å². The lowest BCUT2D eigenvalue weighted by Crippen LogP contribution is -2.37. The fourth-order valence-electron chi connectivity index (χ4n) is 0.923. The van der Waals surface area contributed by atoms with Crippen LogP contribution in [-0.4, -0.2) is 4.98 Å². The summed E-state index contributed by atoms with van der Waals surface area (Å²) in [6, 6.07) is 3.81. The normalized spacial score (nSPS) is 8.58. The van der Waals surface area contributed by atoms with E-state index in [9.17, 15) is 0 Å². The maximum atomic E-state index is 8.70. The van der Waals surface area contributed by atoms with E-state index in [0.29, 0.717) is 12.2 Å². The molecule has 1 heterocycles. The average molecular weight is 159 g/mol. The summed E-state index contributed by atoms with van der Waals surface area (Å²) in [4.78, 5) is 3.77. The van der Waals surface area contributed by atoms with Crippen LogP contribution in [0.4, 0.5) is 0 Å². The third-order valence-electron chi connectivity index (χ3n) is 1.51. The first kappa shape index (κ1) is 8.16. The molecule has 4 heteroatoms. The summed E-state index contributed by atoms with van der Waals surface area (Å²) >= 11 is 0. The first-order chi connectivity index (χ1) is 5.83. The van der Waals surface area contributed by atoms with Crippen LogP contribution < -0.4 is 4.57 Å². The van der Waals surface area contributed by atoms with Crippen LogP contribution in [0, 0.1) is 22.7 Å². The molecule has 0 radical (unpaired) electrons. The Kier molecular flexibility index (Phi) is 2.35. The predicted octanol–water partition coefficient (Wildman–Crippen LogP) is 0.132. The summed E-state index contributed by atoms with van der Waals surface area (Å²) in [5.74, 6) is 0. The summed E-state index contributed by atoms with van der Waals surface area (Å²) in [7, 11) is 0. The average Bonchev–Trinajstić information content (AvgIpc) is 2.16. The first-order valence-corrected chi connectivity index (χ1v) is 3.52. The third kappa shape index (κ3) is 1.23. The van der Waals surface area contributed by atoms with Gasteiger partial charge in [0.15, 0.2) is 12.3 Å². The van der Waals surface area contributed by atoms with Crippen LogP contribution in [-0.2, 0) is 6.54 Å². The minimum Gasteiger partial charge on any atom is -0.232 e. The second kappa shape index (κ2) is 3.45. The van der Waals surface area contributed by atoms with Crippen molar-refractivity contribution in [1.29, 1.82) is 10.5 Å². The van der Waals surface area contributed by atoms with Gasteiger partial charge in [0.1, 0.15) is 12.6 Å². The molecule has 0 spiro atoms. The van der Waals surface area contributed by atoms with E-state index in [1.54, 1.807) is 10.8 Å². The zero-order chi connectivity index (χ0) is 8.97. The number of aromatic nitrogens is 2. The molecule has 0 aliphatic carbocycles. The van der Waals surface area contributed by atoms with E-state index in [-0.39, 0.29) is 5.69 Å². The van der Waals surface area contributed by atoms with E-state index >= 15 is 0 Å². The topological polar surface area (TPSA) is 64.3 Å². The van der Waals surface area contributed by atoms with Gasteiger partial charge in [-0.15, -0.1) is 0 Å². The number of nitrogens with zero attached hydrogens (tertiary/aromatic N) is 4. The van der Waals surface area contributed by atoms with Crippen LogP contribution in [0.5, 0.6) is 0 Å². The highest BCUT2D eigenvalue weighted by Crippen LogP contribution is 1.94. The van der Waals surface area contributed by atoms with Crippen molar-refractivity contribution in [3.63, 3.8) is 0 Å². The van der Waals surface area contributed by atoms with Crippen LogP contribution in [0.1, 0.15) is 18.3 Å². The first-order valence-electron chi connectivity index (χ1n) is 3.52. The van der Waals surface area contributed by atoms with E-state index in [4.69, 9.17) is 10.5 Å². The Hall–Kier alpha value is -1.94. The highest BCUT2D eigenvalue weighted by atomic mass is 15.0. The lowest BCUT2D eigenvalue weighted by Gasteiger charge is -1.93. The standard InChI is InChI=1S/C8H7N4/c1-2-12-4-3-11-7(5-9)8(12)6-10/h3-4H,2H2,1H3/q+1. The number of aryl methyl sites for hydroxylation is 1. The lowest BCUT2D eigenvalue weighted by atomic mass is 10.3. The molecule has 0 bridgehead atoms. The minimum absolute atomic E-state index is 0.182.